The smallest absolute Gasteiger partial charge is 0.321 e. The van der Waals surface area contributed by atoms with E-state index in [1.54, 1.807) is 37.3 Å². The molecule has 12 nitrogen and oxygen atoms in total. The second kappa shape index (κ2) is 13.8. The van der Waals surface area contributed by atoms with Crippen LogP contribution in [0.1, 0.15) is 27.3 Å². The highest BCUT2D eigenvalue weighted by Gasteiger charge is 2.41. The second-order valence-electron chi connectivity index (χ2n) is 10.1. The normalized spacial score (nSPS) is 17.7. The minimum absolute atomic E-state index is 0. The van der Waals surface area contributed by atoms with Crippen LogP contribution >= 0.6 is 35.3 Å². The number of hydrogen-bond acceptors (Lipinski definition) is 10. The number of rotatable bonds is 8. The van der Waals surface area contributed by atoms with E-state index in [1.807, 2.05) is 7.05 Å². The summed E-state index contributed by atoms with van der Waals surface area (Å²) < 4.78 is 33.5. The summed E-state index contributed by atoms with van der Waals surface area (Å²) in [6.45, 7) is 2.75. The van der Waals surface area contributed by atoms with Crippen LogP contribution in [0.25, 0.3) is 10.8 Å². The number of fused-ring (bicyclic) bond motifs is 2. The maximum atomic E-state index is 13.7. The molecule has 0 aliphatic carbocycles. The van der Waals surface area contributed by atoms with Crippen LogP contribution in [0, 0.1) is 0 Å². The van der Waals surface area contributed by atoms with Gasteiger partial charge in [0.15, 0.2) is 5.01 Å². The number of piperazine rings is 1. The fourth-order valence-electron chi connectivity index (χ4n) is 4.98. The molecule has 1 atom stereocenters. The van der Waals surface area contributed by atoms with Crippen LogP contribution in [0.5, 0.6) is 0 Å². The Morgan fingerprint density at radius 3 is 2.63 bits per heavy atom. The Bertz CT molecular complexity index is 1640. The number of hydrogen-bond donors (Lipinski definition) is 2. The van der Waals surface area contributed by atoms with Gasteiger partial charge in [0.1, 0.15) is 12.6 Å². The lowest BCUT2D eigenvalue weighted by molar-refractivity contribution is -0.142. The van der Waals surface area contributed by atoms with Gasteiger partial charge in [-0.3, -0.25) is 19.8 Å². The van der Waals surface area contributed by atoms with Gasteiger partial charge in [-0.15, -0.1) is 23.7 Å². The molecule has 3 aromatic rings. The molecule has 3 heterocycles. The first-order chi connectivity index (χ1) is 20.1. The molecular formula is C27H32Cl2N6O6S2. The standard InChI is InChI=1S/C27H31ClN6O6S2.ClH/c1-3-40-24(35)14-29-31-25(36)22-15-33(42(38,39)20-7-5-17-12-19(28)6-4-18(17)13-20)10-11-34(22)27(37)26-30-21-8-9-32(2)16-23(21)41-26;/h4-7,12-13,22,29H,3,8-11,14-16H2,1-2H3,(H,31,36);1H. The van der Waals surface area contributed by atoms with E-state index < -0.39 is 33.8 Å². The molecule has 43 heavy (non-hydrogen) atoms. The molecule has 1 aromatic heterocycles. The van der Waals surface area contributed by atoms with Crippen molar-refractivity contribution in [1.29, 1.82) is 0 Å². The Morgan fingerprint density at radius 1 is 1.12 bits per heavy atom. The van der Waals surface area contributed by atoms with Crippen molar-refractivity contribution < 1.29 is 27.5 Å². The molecule has 2 amide bonds. The van der Waals surface area contributed by atoms with Crippen LogP contribution in [-0.4, -0.2) is 97.7 Å². The molecular weight excluding hydrogens is 639 g/mol. The summed E-state index contributed by atoms with van der Waals surface area (Å²) in [6.07, 6.45) is 0.724. The zero-order valence-electron chi connectivity index (χ0n) is 23.5. The third-order valence-electron chi connectivity index (χ3n) is 7.17. The highest BCUT2D eigenvalue weighted by atomic mass is 35.5. The molecule has 2 aromatic carbocycles. The fourth-order valence-corrected chi connectivity index (χ4v) is 7.78. The van der Waals surface area contributed by atoms with E-state index in [1.165, 1.54) is 26.6 Å². The van der Waals surface area contributed by atoms with Crippen LogP contribution in [0.4, 0.5) is 0 Å². The molecule has 0 saturated carbocycles. The molecule has 1 fully saturated rings. The second-order valence-corrected chi connectivity index (χ2v) is 13.5. The van der Waals surface area contributed by atoms with Gasteiger partial charge in [0.2, 0.25) is 10.0 Å². The molecule has 1 saturated heterocycles. The predicted octanol–water partition coefficient (Wildman–Crippen LogP) is 2.06. The van der Waals surface area contributed by atoms with E-state index in [-0.39, 0.29) is 55.1 Å². The first-order valence-corrected chi connectivity index (χ1v) is 16.1. The molecule has 5 rings (SSSR count). The maximum absolute atomic E-state index is 13.7. The number of nitrogens with zero attached hydrogens (tertiary/aromatic N) is 4. The van der Waals surface area contributed by atoms with Gasteiger partial charge in [-0.2, -0.15) is 4.31 Å². The molecule has 2 aliphatic rings. The van der Waals surface area contributed by atoms with Crippen molar-refractivity contribution in [3.8, 4) is 0 Å². The number of ether oxygens (including phenoxy) is 1. The highest BCUT2D eigenvalue weighted by Crippen LogP contribution is 2.29. The summed E-state index contributed by atoms with van der Waals surface area (Å²) in [4.78, 5) is 47.9. The van der Waals surface area contributed by atoms with Gasteiger partial charge >= 0.3 is 5.97 Å². The lowest BCUT2D eigenvalue weighted by Crippen LogP contribution is -2.62. The topological polar surface area (TPSA) is 141 Å². The highest BCUT2D eigenvalue weighted by molar-refractivity contribution is 7.89. The average molecular weight is 672 g/mol. The first kappa shape index (κ1) is 33.1. The number of hydrazine groups is 1. The SMILES string of the molecule is CCOC(=O)CNNC(=O)C1CN(S(=O)(=O)c2ccc3cc(Cl)ccc3c2)CCN1C(=O)c1nc2c(s1)CN(C)CC2.Cl. The van der Waals surface area contributed by atoms with E-state index in [2.05, 4.69) is 20.7 Å². The Labute approximate surface area is 264 Å². The van der Waals surface area contributed by atoms with E-state index in [0.29, 0.717) is 17.0 Å². The molecule has 2 N–H and O–H groups in total. The monoisotopic (exact) mass is 670 g/mol. The number of halogens is 2. The number of amides is 2. The van der Waals surface area contributed by atoms with Gasteiger partial charge in [-0.1, -0.05) is 23.7 Å². The summed E-state index contributed by atoms with van der Waals surface area (Å²) >= 11 is 7.36. The van der Waals surface area contributed by atoms with Crippen molar-refractivity contribution in [2.45, 2.75) is 30.8 Å². The first-order valence-electron chi connectivity index (χ1n) is 13.4. The van der Waals surface area contributed by atoms with Crippen molar-refractivity contribution in [2.24, 2.45) is 0 Å². The van der Waals surface area contributed by atoms with Crippen molar-refractivity contribution in [3.05, 3.63) is 57.0 Å². The summed E-state index contributed by atoms with van der Waals surface area (Å²) in [5.41, 5.74) is 5.82. The number of benzene rings is 2. The lowest BCUT2D eigenvalue weighted by Gasteiger charge is -2.39. The fraction of sp³-hybridized carbons (Fsp3) is 0.407. The quantitative estimate of drug-likeness (QED) is 0.272. The number of likely N-dealkylation sites (N-methyl/N-ethyl adjacent to an activating group) is 1. The molecule has 232 valence electrons. The molecule has 0 spiro atoms. The summed E-state index contributed by atoms with van der Waals surface area (Å²) in [5, 5.41) is 2.29. The third kappa shape index (κ3) is 7.28. The largest absolute Gasteiger partial charge is 0.465 e. The number of esters is 1. The van der Waals surface area contributed by atoms with Crippen molar-refractivity contribution >= 4 is 73.9 Å². The molecule has 0 radical (unpaired) electrons. The van der Waals surface area contributed by atoms with Crippen LogP contribution in [-0.2, 0) is 37.3 Å². The van der Waals surface area contributed by atoms with Gasteiger partial charge in [0.05, 0.1) is 17.2 Å². The van der Waals surface area contributed by atoms with Gasteiger partial charge in [0.25, 0.3) is 11.8 Å². The van der Waals surface area contributed by atoms with Crippen molar-refractivity contribution in [1.82, 2.24) is 29.9 Å². The number of carbonyl (C=O) groups excluding carboxylic acids is 3. The average Bonchev–Trinajstić information content (AvgIpc) is 3.39. The van der Waals surface area contributed by atoms with Crippen LogP contribution < -0.4 is 10.9 Å². The Kier molecular flexibility index (Phi) is 10.6. The minimum Gasteiger partial charge on any atom is -0.465 e. The summed E-state index contributed by atoms with van der Waals surface area (Å²) in [5.74, 6) is -1.68. The maximum Gasteiger partial charge on any atom is 0.321 e. The van der Waals surface area contributed by atoms with Gasteiger partial charge < -0.3 is 14.5 Å². The Hall–Kier alpha value is -2.85. The van der Waals surface area contributed by atoms with Gasteiger partial charge in [-0.05, 0) is 49.0 Å². The Balaban J connectivity index is 0.00000423. The van der Waals surface area contributed by atoms with Crippen LogP contribution in [0.3, 0.4) is 0 Å². The van der Waals surface area contributed by atoms with Crippen LogP contribution in [0.2, 0.25) is 5.02 Å². The third-order valence-corrected chi connectivity index (χ3v) is 10.3. The lowest BCUT2D eigenvalue weighted by atomic mass is 10.1. The van der Waals surface area contributed by atoms with E-state index in [0.717, 1.165) is 28.9 Å². The summed E-state index contributed by atoms with van der Waals surface area (Å²) in [6, 6.07) is 8.73. The van der Waals surface area contributed by atoms with Crippen molar-refractivity contribution in [2.75, 3.05) is 46.4 Å². The predicted molar refractivity (Wildman–Crippen MR) is 165 cm³/mol. The number of sulfonamides is 1. The molecule has 0 bridgehead atoms. The zero-order chi connectivity index (χ0) is 30.0. The molecule has 1 unspecified atom stereocenters. The van der Waals surface area contributed by atoms with Gasteiger partial charge in [-0.25, -0.2) is 18.8 Å². The number of nitrogens with one attached hydrogen (secondary N) is 2. The molecule has 2 aliphatic heterocycles. The van der Waals surface area contributed by atoms with Crippen molar-refractivity contribution in [3.63, 3.8) is 0 Å². The summed E-state index contributed by atoms with van der Waals surface area (Å²) in [7, 11) is -2.03. The number of thiazole rings is 1. The minimum atomic E-state index is -4.02. The number of aromatic nitrogens is 1. The number of carbonyl (C=O) groups is 3. The van der Waals surface area contributed by atoms with E-state index >= 15 is 0 Å². The van der Waals surface area contributed by atoms with Gasteiger partial charge in [0, 0.05) is 49.0 Å². The zero-order valence-corrected chi connectivity index (χ0v) is 26.7. The Morgan fingerprint density at radius 2 is 1.86 bits per heavy atom. The van der Waals surface area contributed by atoms with E-state index in [9.17, 15) is 22.8 Å². The van der Waals surface area contributed by atoms with Crippen LogP contribution in [0.15, 0.2) is 41.3 Å². The molecule has 16 heteroatoms. The van der Waals surface area contributed by atoms with E-state index in [4.69, 9.17) is 16.3 Å².